The Bertz CT molecular complexity index is 2560. The van der Waals surface area contributed by atoms with Gasteiger partial charge in [-0.25, -0.2) is 0 Å². The van der Waals surface area contributed by atoms with E-state index in [1.807, 2.05) is 0 Å². The number of pyridine rings is 1. The molecule has 7 rings (SSSR count). The second-order valence-electron chi connectivity index (χ2n) is 22.9. The van der Waals surface area contributed by atoms with E-state index in [1.165, 1.54) is 27.8 Å². The summed E-state index contributed by atoms with van der Waals surface area (Å²) in [7, 11) is 0. The Labute approximate surface area is 379 Å². The van der Waals surface area contributed by atoms with Gasteiger partial charge < -0.3 is 5.11 Å². The molecule has 1 heterocycles. The molecule has 0 unspecified atom stereocenters. The van der Waals surface area contributed by atoms with Crippen molar-refractivity contribution in [2.75, 3.05) is 0 Å². The fourth-order valence-corrected chi connectivity index (χ4v) is 8.38. The summed E-state index contributed by atoms with van der Waals surface area (Å²) < 4.78 is 2.39. The average Bonchev–Trinajstić information content (AvgIpc) is 3.22. The number of nitrogens with zero attached hydrogens (tertiary/aromatic N) is 1. The highest BCUT2D eigenvalue weighted by Crippen LogP contribution is 2.41. The van der Waals surface area contributed by atoms with Crippen molar-refractivity contribution in [3.63, 3.8) is 0 Å². The van der Waals surface area contributed by atoms with Crippen LogP contribution in [0.5, 0.6) is 5.75 Å². The Balaban J connectivity index is 1.59. The van der Waals surface area contributed by atoms with E-state index >= 15 is 5.11 Å². The van der Waals surface area contributed by atoms with Crippen LogP contribution in [0.2, 0.25) is 0 Å². The van der Waals surface area contributed by atoms with Crippen molar-refractivity contribution in [3.8, 4) is 67.3 Å². The van der Waals surface area contributed by atoms with E-state index in [2.05, 4.69) is 254 Å². The van der Waals surface area contributed by atoms with E-state index in [0.717, 1.165) is 50.5 Å². The molecular formula is C61H69NO. The van der Waals surface area contributed by atoms with Gasteiger partial charge >= 0.3 is 0 Å². The van der Waals surface area contributed by atoms with Crippen molar-refractivity contribution in [2.45, 2.75) is 131 Å². The summed E-state index contributed by atoms with van der Waals surface area (Å²) in [5.41, 5.74) is 17.0. The van der Waals surface area contributed by atoms with E-state index < -0.39 is 0 Å². The summed E-state index contributed by atoms with van der Waals surface area (Å²) in [4.78, 5) is 0. The summed E-state index contributed by atoms with van der Waals surface area (Å²) in [6.07, 6.45) is 0. The van der Waals surface area contributed by atoms with Gasteiger partial charge in [-0.1, -0.05) is 207 Å². The summed E-state index contributed by atoms with van der Waals surface area (Å²) >= 11 is 0. The number of benzene rings is 6. The molecular weight excluding hydrogens is 763 g/mol. The zero-order chi connectivity index (χ0) is 45.9. The summed E-state index contributed by atoms with van der Waals surface area (Å²) in [6.45, 7) is 33.7. The largest absolute Gasteiger partial charge is 0.872 e. The molecule has 6 aromatic carbocycles. The maximum absolute atomic E-state index is 15.0. The molecule has 0 saturated carbocycles. The Morgan fingerprint density at radius 1 is 0.286 bits per heavy atom. The van der Waals surface area contributed by atoms with Crippen LogP contribution < -0.4 is 9.67 Å². The van der Waals surface area contributed by atoms with Crippen LogP contribution in [0, 0.1) is 0 Å². The number of hydrogen-bond acceptors (Lipinski definition) is 1. The molecule has 0 spiro atoms. The van der Waals surface area contributed by atoms with Crippen LogP contribution in [0.4, 0.5) is 0 Å². The van der Waals surface area contributed by atoms with Gasteiger partial charge in [0.05, 0.1) is 0 Å². The molecule has 2 heteroatoms. The highest BCUT2D eigenvalue weighted by Gasteiger charge is 2.29. The van der Waals surface area contributed by atoms with Crippen molar-refractivity contribution < 1.29 is 9.67 Å². The molecule has 63 heavy (non-hydrogen) atoms. The second-order valence-corrected chi connectivity index (χ2v) is 22.9. The maximum Gasteiger partial charge on any atom is 0.219 e. The minimum atomic E-state index is -0.0137. The topological polar surface area (TPSA) is 26.9 Å². The van der Waals surface area contributed by atoms with E-state index in [-0.39, 0.29) is 32.8 Å². The van der Waals surface area contributed by atoms with Crippen molar-refractivity contribution >= 4 is 0 Å². The van der Waals surface area contributed by atoms with E-state index in [0.29, 0.717) is 11.1 Å². The predicted molar refractivity (Wildman–Crippen MR) is 268 cm³/mol. The van der Waals surface area contributed by atoms with Crippen LogP contribution in [0.3, 0.4) is 0 Å². The lowest BCUT2D eigenvalue weighted by Crippen LogP contribution is -2.36. The number of hydrogen-bond donors (Lipinski definition) is 0. The molecule has 0 aliphatic carbocycles. The molecule has 0 aliphatic heterocycles. The molecule has 0 saturated heterocycles. The summed E-state index contributed by atoms with van der Waals surface area (Å²) in [5, 5.41) is 15.0. The molecule has 0 N–H and O–H groups in total. The minimum Gasteiger partial charge on any atom is -0.872 e. The molecule has 0 radical (unpaired) electrons. The first-order valence-electron chi connectivity index (χ1n) is 22.8. The van der Waals surface area contributed by atoms with Gasteiger partial charge in [0.1, 0.15) is 0 Å². The fourth-order valence-electron chi connectivity index (χ4n) is 8.38. The van der Waals surface area contributed by atoms with E-state index in [4.69, 9.17) is 0 Å². The molecule has 0 aliphatic rings. The van der Waals surface area contributed by atoms with Gasteiger partial charge in [0.15, 0.2) is 0 Å². The lowest BCUT2D eigenvalue weighted by Gasteiger charge is -2.24. The summed E-state index contributed by atoms with van der Waals surface area (Å²) in [5.74, 6) is 0.0223. The standard InChI is InChI=1S/C61H69NO/c1-57(2,3)46-26-16-40(17-27-46)45-36-54(43-22-32-49(33-23-43)60(10,11)12)62(55(37-45)44-24-34-50(35-25-44)61(13,14)15)51-38-52(41-18-28-47(29-19-41)58(4,5)6)56(63)53(39-51)42-20-30-48(31-21-42)59(7,8)9/h16-39H,1-15H3. The van der Waals surface area contributed by atoms with E-state index in [9.17, 15) is 0 Å². The number of aromatic nitrogens is 1. The third kappa shape index (κ3) is 9.77. The van der Waals surface area contributed by atoms with Crippen LogP contribution in [-0.4, -0.2) is 0 Å². The Morgan fingerprint density at radius 2 is 0.524 bits per heavy atom. The molecule has 0 bridgehead atoms. The lowest BCUT2D eigenvalue weighted by atomic mass is 9.85. The second kappa shape index (κ2) is 16.4. The van der Waals surface area contributed by atoms with Crippen molar-refractivity contribution in [1.29, 1.82) is 0 Å². The quantitative estimate of drug-likeness (QED) is 0.153. The average molecular weight is 832 g/mol. The molecule has 2 nitrogen and oxygen atoms in total. The maximum atomic E-state index is 15.0. The Kier molecular flexibility index (Phi) is 11.8. The van der Waals surface area contributed by atoms with Gasteiger partial charge in [0, 0.05) is 35.4 Å². The van der Waals surface area contributed by atoms with Gasteiger partial charge in [-0.05, 0) is 113 Å². The van der Waals surface area contributed by atoms with Crippen molar-refractivity contribution in [2.24, 2.45) is 0 Å². The molecule has 0 atom stereocenters. The molecule has 7 aromatic rings. The highest BCUT2D eigenvalue weighted by atomic mass is 16.3. The van der Waals surface area contributed by atoms with Crippen LogP contribution in [0.15, 0.2) is 146 Å². The van der Waals surface area contributed by atoms with Gasteiger partial charge in [0.2, 0.25) is 17.1 Å². The van der Waals surface area contributed by atoms with Crippen LogP contribution in [0.1, 0.15) is 132 Å². The van der Waals surface area contributed by atoms with Gasteiger partial charge in [-0.15, -0.1) is 0 Å². The Morgan fingerprint density at radius 3 is 0.778 bits per heavy atom. The SMILES string of the molecule is CC(C)(C)c1ccc(-c2cc(-c3ccc(C(C)(C)C)cc3)[n+](-c3cc(-c4ccc(C(C)(C)C)cc4)c([O-])c(-c4ccc(C(C)(C)C)cc4)c3)c(-c3ccc(C(C)(C)C)cc3)c2)cc1. The normalized spacial score (nSPS) is 12.7. The van der Waals surface area contributed by atoms with Crippen LogP contribution in [-0.2, 0) is 27.1 Å². The monoisotopic (exact) mass is 832 g/mol. The van der Waals surface area contributed by atoms with Gasteiger partial charge in [-0.2, -0.15) is 4.57 Å². The van der Waals surface area contributed by atoms with Gasteiger partial charge in [0.25, 0.3) is 0 Å². The first-order valence-corrected chi connectivity index (χ1v) is 22.8. The molecule has 0 amide bonds. The minimum absolute atomic E-state index is 0.00392. The smallest absolute Gasteiger partial charge is 0.219 e. The van der Waals surface area contributed by atoms with E-state index in [1.54, 1.807) is 0 Å². The first kappa shape index (κ1) is 45.3. The number of rotatable bonds is 6. The predicted octanol–water partition coefficient (Wildman–Crippen LogP) is 15.9. The fraction of sp³-hybridized carbons (Fsp3) is 0.328. The molecule has 1 aromatic heterocycles. The lowest BCUT2D eigenvalue weighted by molar-refractivity contribution is -0.572. The van der Waals surface area contributed by atoms with Crippen LogP contribution in [0.25, 0.3) is 61.6 Å². The summed E-state index contributed by atoms with van der Waals surface area (Å²) in [6, 6.07) is 53.4. The van der Waals surface area contributed by atoms with Gasteiger partial charge in [-0.3, -0.25) is 0 Å². The third-order valence-corrected chi connectivity index (χ3v) is 12.7. The van der Waals surface area contributed by atoms with Crippen molar-refractivity contribution in [3.05, 3.63) is 173 Å². The highest BCUT2D eigenvalue weighted by molar-refractivity contribution is 5.84. The Hall–Kier alpha value is -5.73. The molecule has 324 valence electrons. The third-order valence-electron chi connectivity index (χ3n) is 12.7. The zero-order valence-corrected chi connectivity index (χ0v) is 40.7. The molecule has 0 fully saturated rings. The van der Waals surface area contributed by atoms with Crippen LogP contribution >= 0.6 is 0 Å². The van der Waals surface area contributed by atoms with Crippen molar-refractivity contribution in [1.82, 2.24) is 0 Å². The first-order chi connectivity index (χ1) is 29.3. The zero-order valence-electron chi connectivity index (χ0n) is 40.7.